The van der Waals surface area contributed by atoms with E-state index in [1.807, 2.05) is 12.1 Å². The Bertz CT molecular complexity index is 698. The van der Waals surface area contributed by atoms with Crippen LogP contribution in [0.1, 0.15) is 18.0 Å². The summed E-state index contributed by atoms with van der Waals surface area (Å²) in [5.74, 6) is 0.347. The monoisotopic (exact) mass is 330 g/mol. The summed E-state index contributed by atoms with van der Waals surface area (Å²) in [6.45, 7) is 0. The van der Waals surface area contributed by atoms with Gasteiger partial charge in [-0.15, -0.1) is 0 Å². The molecule has 0 aliphatic heterocycles. The lowest BCUT2D eigenvalue weighted by Gasteiger charge is -2.19. The summed E-state index contributed by atoms with van der Waals surface area (Å²) in [4.78, 5) is 22.0. The fraction of sp³-hybridized carbons (Fsp3) is 0.235. The van der Waals surface area contributed by atoms with Gasteiger partial charge in [0.2, 0.25) is 0 Å². The minimum Gasteiger partial charge on any atom is -0.497 e. The number of carbonyl (C=O) groups is 1. The van der Waals surface area contributed by atoms with Gasteiger partial charge in [-0.1, -0.05) is 12.1 Å². The van der Waals surface area contributed by atoms with Crippen LogP contribution in [-0.2, 0) is 9.53 Å². The first-order valence-electron chi connectivity index (χ1n) is 7.25. The summed E-state index contributed by atoms with van der Waals surface area (Å²) >= 11 is 0. The van der Waals surface area contributed by atoms with Crippen LogP contribution in [0.4, 0.5) is 11.4 Å². The van der Waals surface area contributed by atoms with E-state index in [9.17, 15) is 14.9 Å². The average molecular weight is 330 g/mol. The zero-order chi connectivity index (χ0) is 17.5. The van der Waals surface area contributed by atoms with Gasteiger partial charge in [-0.05, 0) is 29.8 Å². The van der Waals surface area contributed by atoms with Gasteiger partial charge in [0.1, 0.15) is 5.75 Å². The second kappa shape index (κ2) is 7.96. The smallest absolute Gasteiger partial charge is 0.307 e. The van der Waals surface area contributed by atoms with Crippen molar-refractivity contribution in [3.8, 4) is 5.75 Å². The third-order valence-electron chi connectivity index (χ3n) is 3.54. The number of carbonyl (C=O) groups excluding carboxylic acids is 1. The largest absolute Gasteiger partial charge is 0.497 e. The molecule has 2 aromatic rings. The van der Waals surface area contributed by atoms with Crippen molar-refractivity contribution >= 4 is 17.3 Å². The molecule has 0 aromatic heterocycles. The molecule has 0 saturated carbocycles. The number of hydrogen-bond donors (Lipinski definition) is 1. The second-order valence-electron chi connectivity index (χ2n) is 5.05. The van der Waals surface area contributed by atoms with E-state index >= 15 is 0 Å². The van der Waals surface area contributed by atoms with E-state index in [0.717, 1.165) is 17.0 Å². The van der Waals surface area contributed by atoms with Crippen LogP contribution >= 0.6 is 0 Å². The maximum atomic E-state index is 11.7. The number of nitrogens with zero attached hydrogens (tertiary/aromatic N) is 1. The van der Waals surface area contributed by atoms with E-state index in [1.165, 1.54) is 19.2 Å². The van der Waals surface area contributed by atoms with E-state index in [2.05, 4.69) is 5.32 Å². The summed E-state index contributed by atoms with van der Waals surface area (Å²) in [6, 6.07) is 13.0. The van der Waals surface area contributed by atoms with E-state index in [-0.39, 0.29) is 24.1 Å². The van der Waals surface area contributed by atoms with Crippen molar-refractivity contribution < 1.29 is 19.2 Å². The van der Waals surface area contributed by atoms with E-state index in [1.54, 1.807) is 31.4 Å². The number of nitro groups is 1. The van der Waals surface area contributed by atoms with Gasteiger partial charge in [0.05, 0.1) is 31.6 Å². The molecule has 7 heteroatoms. The molecule has 2 aromatic carbocycles. The van der Waals surface area contributed by atoms with E-state index < -0.39 is 4.92 Å². The molecule has 0 radical (unpaired) electrons. The van der Waals surface area contributed by atoms with Crippen molar-refractivity contribution in [2.75, 3.05) is 19.5 Å². The third kappa shape index (κ3) is 4.45. The highest BCUT2D eigenvalue weighted by atomic mass is 16.6. The molecule has 0 aliphatic rings. The number of anilines is 1. The Kier molecular flexibility index (Phi) is 5.73. The highest BCUT2D eigenvalue weighted by molar-refractivity contribution is 5.71. The number of ether oxygens (including phenoxy) is 2. The molecule has 1 N–H and O–H groups in total. The number of nitro benzene ring substituents is 1. The summed E-state index contributed by atoms with van der Waals surface area (Å²) in [5, 5.41) is 14.0. The fourth-order valence-electron chi connectivity index (χ4n) is 2.22. The molecule has 24 heavy (non-hydrogen) atoms. The van der Waals surface area contributed by atoms with Crippen LogP contribution in [0.3, 0.4) is 0 Å². The zero-order valence-corrected chi connectivity index (χ0v) is 13.4. The highest BCUT2D eigenvalue weighted by Gasteiger charge is 2.18. The van der Waals surface area contributed by atoms with Crippen molar-refractivity contribution in [2.24, 2.45) is 0 Å². The van der Waals surface area contributed by atoms with Crippen LogP contribution in [0.25, 0.3) is 0 Å². The van der Waals surface area contributed by atoms with Crippen molar-refractivity contribution in [3.63, 3.8) is 0 Å². The molecule has 0 fully saturated rings. The first kappa shape index (κ1) is 17.3. The fourth-order valence-corrected chi connectivity index (χ4v) is 2.22. The SMILES string of the molecule is COC(=O)CC(Nc1ccc(OC)cc1)c1ccc([N+](=O)[O-])cc1. The Balaban J connectivity index is 2.22. The predicted octanol–water partition coefficient (Wildman–Crippen LogP) is 3.32. The van der Waals surface area contributed by atoms with Crippen molar-refractivity contribution in [1.29, 1.82) is 0 Å². The van der Waals surface area contributed by atoms with Gasteiger partial charge in [0.15, 0.2) is 0 Å². The Morgan fingerprint density at radius 3 is 2.25 bits per heavy atom. The maximum absolute atomic E-state index is 11.7. The minimum atomic E-state index is -0.462. The lowest BCUT2D eigenvalue weighted by Crippen LogP contribution is -2.16. The lowest BCUT2D eigenvalue weighted by atomic mass is 10.0. The molecule has 126 valence electrons. The maximum Gasteiger partial charge on any atom is 0.307 e. The van der Waals surface area contributed by atoms with Gasteiger partial charge >= 0.3 is 5.97 Å². The summed E-state index contributed by atoms with van der Waals surface area (Å²) in [7, 11) is 2.90. The second-order valence-corrected chi connectivity index (χ2v) is 5.05. The van der Waals surface area contributed by atoms with Crippen molar-refractivity contribution in [1.82, 2.24) is 0 Å². The number of rotatable bonds is 7. The van der Waals surface area contributed by atoms with Gasteiger partial charge < -0.3 is 14.8 Å². The molecular weight excluding hydrogens is 312 g/mol. The number of non-ortho nitro benzene ring substituents is 1. The van der Waals surface area contributed by atoms with Gasteiger partial charge in [-0.2, -0.15) is 0 Å². The summed E-state index contributed by atoms with van der Waals surface area (Å²) < 4.78 is 9.84. The molecular formula is C17H18N2O5. The molecule has 0 aliphatic carbocycles. The predicted molar refractivity (Wildman–Crippen MR) is 89.1 cm³/mol. The molecule has 0 heterocycles. The van der Waals surface area contributed by atoms with Crippen molar-refractivity contribution in [3.05, 3.63) is 64.2 Å². The van der Waals surface area contributed by atoms with Crippen LogP contribution in [0.5, 0.6) is 5.75 Å². The van der Waals surface area contributed by atoms with E-state index in [4.69, 9.17) is 9.47 Å². The van der Waals surface area contributed by atoms with Gasteiger partial charge in [0, 0.05) is 17.8 Å². The van der Waals surface area contributed by atoms with Crippen LogP contribution in [0.2, 0.25) is 0 Å². The Morgan fingerprint density at radius 2 is 1.75 bits per heavy atom. The van der Waals surface area contributed by atoms with Gasteiger partial charge in [-0.25, -0.2) is 0 Å². The van der Waals surface area contributed by atoms with Crippen molar-refractivity contribution in [2.45, 2.75) is 12.5 Å². The topological polar surface area (TPSA) is 90.7 Å². The lowest BCUT2D eigenvalue weighted by molar-refractivity contribution is -0.384. The number of esters is 1. The standard InChI is InChI=1S/C17H18N2O5/c1-23-15-9-5-13(6-10-15)18-16(11-17(20)24-2)12-3-7-14(8-4-12)19(21)22/h3-10,16,18H,11H2,1-2H3. The van der Waals surface area contributed by atoms with Gasteiger partial charge in [-0.3, -0.25) is 14.9 Å². The van der Waals surface area contributed by atoms with E-state index in [0.29, 0.717) is 0 Å². The van der Waals surface area contributed by atoms with Crippen LogP contribution in [0, 0.1) is 10.1 Å². The van der Waals surface area contributed by atoms with Gasteiger partial charge in [0.25, 0.3) is 5.69 Å². The van der Waals surface area contributed by atoms with Crippen LogP contribution in [-0.4, -0.2) is 25.1 Å². The number of nitrogens with one attached hydrogen (secondary N) is 1. The number of methoxy groups -OCH3 is 2. The molecule has 0 bridgehead atoms. The normalized spacial score (nSPS) is 11.4. The average Bonchev–Trinajstić information content (AvgIpc) is 2.61. The first-order chi connectivity index (χ1) is 11.5. The molecule has 7 nitrogen and oxygen atoms in total. The quantitative estimate of drug-likeness (QED) is 0.476. The Hall–Kier alpha value is -3.09. The van der Waals surface area contributed by atoms with Crippen LogP contribution in [0.15, 0.2) is 48.5 Å². The molecule has 0 spiro atoms. The number of benzene rings is 2. The summed E-state index contributed by atoms with van der Waals surface area (Å²) in [6.07, 6.45) is 0.0976. The molecule has 0 saturated heterocycles. The highest BCUT2D eigenvalue weighted by Crippen LogP contribution is 2.26. The zero-order valence-electron chi connectivity index (χ0n) is 13.4. The Morgan fingerprint density at radius 1 is 1.12 bits per heavy atom. The summed E-state index contributed by atoms with van der Waals surface area (Å²) in [5.41, 5.74) is 1.55. The Labute approximate surface area is 139 Å². The van der Waals surface area contributed by atoms with Crippen LogP contribution < -0.4 is 10.1 Å². The molecule has 1 unspecified atom stereocenters. The number of hydrogen-bond acceptors (Lipinski definition) is 6. The minimum absolute atomic E-state index is 0.0000144. The first-order valence-corrected chi connectivity index (χ1v) is 7.25. The molecule has 0 amide bonds. The third-order valence-corrected chi connectivity index (χ3v) is 3.54. The molecule has 2 rings (SSSR count). The molecule has 1 atom stereocenters.